The molecule has 43 heavy (non-hydrogen) atoms. The molecule has 1 saturated carbocycles. The van der Waals surface area contributed by atoms with Gasteiger partial charge in [-0.15, -0.1) is 4.36 Å². The lowest BCUT2D eigenvalue weighted by atomic mass is 9.97. The molecule has 0 spiro atoms. The predicted octanol–water partition coefficient (Wildman–Crippen LogP) is 6.95. The number of alkyl halides is 5. The Morgan fingerprint density at radius 2 is 1.84 bits per heavy atom. The van der Waals surface area contributed by atoms with Crippen LogP contribution in [0.15, 0.2) is 27.7 Å². The zero-order valence-electron chi connectivity index (χ0n) is 24.5. The first-order valence-corrected chi connectivity index (χ1v) is 15.7. The molecule has 4 rings (SSSR count). The maximum Gasteiger partial charge on any atom is 0.442 e. The van der Waals surface area contributed by atoms with E-state index in [1.807, 2.05) is 0 Å². The predicted molar refractivity (Wildman–Crippen MR) is 150 cm³/mol. The molecule has 1 aliphatic carbocycles. The first-order chi connectivity index (χ1) is 19.8. The standard InChI is InChI=1S/C28H34F5N5O4S/c1-16-20(24(39)35-18-9-12-34-19(15-18)43(5,41)37-25(40)42-26(2,3)4)23(38-13-6-10-27(29,30)11-14-38)36-22(17-7-8-17)21(16)28(31,32)33/h9,12,15,17H,6-8,10-11,13-14H2,1-5H3,(H,34,35,39)/t43-/m1/s1. The molecule has 1 atom stereocenters. The Labute approximate surface area is 246 Å². The molecule has 0 aromatic carbocycles. The van der Waals surface area contributed by atoms with Gasteiger partial charge in [0.15, 0.2) is 0 Å². The molecule has 2 amide bonds. The number of halogens is 5. The van der Waals surface area contributed by atoms with Crippen LogP contribution >= 0.6 is 0 Å². The molecule has 0 radical (unpaired) electrons. The van der Waals surface area contributed by atoms with Crippen molar-refractivity contribution >= 4 is 33.2 Å². The summed E-state index contributed by atoms with van der Waals surface area (Å²) in [7, 11) is -3.44. The molecule has 2 fully saturated rings. The highest BCUT2D eigenvalue weighted by Gasteiger charge is 2.44. The summed E-state index contributed by atoms with van der Waals surface area (Å²) in [5.41, 5.74) is -2.83. The number of anilines is 2. The maximum absolute atomic E-state index is 14.3. The van der Waals surface area contributed by atoms with E-state index in [2.05, 4.69) is 19.6 Å². The quantitative estimate of drug-likeness (QED) is 0.355. The molecule has 9 nitrogen and oxygen atoms in total. The van der Waals surface area contributed by atoms with Crippen LogP contribution in [-0.4, -0.2) is 57.0 Å². The van der Waals surface area contributed by atoms with Crippen LogP contribution in [-0.2, 0) is 20.6 Å². The van der Waals surface area contributed by atoms with E-state index in [4.69, 9.17) is 4.74 Å². The topological polar surface area (TPSA) is 114 Å². The highest BCUT2D eigenvalue weighted by atomic mass is 32.2. The second-order valence-corrected chi connectivity index (χ2v) is 14.1. The molecule has 0 unspecified atom stereocenters. The SMILES string of the molecule is Cc1c(C(=O)Nc2ccnc([S@@](C)(=O)=NC(=O)OC(C)(C)C)c2)c(N2CCCC(F)(F)CC2)nc(C2CC2)c1C(F)(F)F. The summed E-state index contributed by atoms with van der Waals surface area (Å²) in [5.74, 6) is -4.43. The van der Waals surface area contributed by atoms with Crippen molar-refractivity contribution in [2.45, 2.75) is 88.4 Å². The third kappa shape index (κ3) is 7.98. The number of ether oxygens (including phenoxy) is 1. The molecular weight excluding hydrogens is 597 g/mol. The van der Waals surface area contributed by atoms with Crippen LogP contribution in [0.1, 0.15) is 86.0 Å². The van der Waals surface area contributed by atoms with Gasteiger partial charge in [0, 0.05) is 50.0 Å². The molecule has 236 valence electrons. The first kappa shape index (κ1) is 32.6. The van der Waals surface area contributed by atoms with Crippen LogP contribution < -0.4 is 10.2 Å². The lowest BCUT2D eigenvalue weighted by Gasteiger charge is -2.28. The van der Waals surface area contributed by atoms with E-state index >= 15 is 0 Å². The summed E-state index contributed by atoms with van der Waals surface area (Å²) in [6.45, 7) is 5.89. The van der Waals surface area contributed by atoms with Gasteiger partial charge in [-0.1, -0.05) is 0 Å². The number of rotatable bonds is 5. The minimum Gasteiger partial charge on any atom is -0.442 e. The fraction of sp³-hybridized carbons (Fsp3) is 0.571. The van der Waals surface area contributed by atoms with Gasteiger partial charge in [0.1, 0.15) is 26.2 Å². The smallest absolute Gasteiger partial charge is 0.442 e. The van der Waals surface area contributed by atoms with Crippen molar-refractivity contribution in [3.8, 4) is 0 Å². The van der Waals surface area contributed by atoms with E-state index in [9.17, 15) is 35.8 Å². The fourth-order valence-electron chi connectivity index (χ4n) is 4.85. The minimum absolute atomic E-state index is 0.0107. The van der Waals surface area contributed by atoms with Crippen LogP contribution in [0.5, 0.6) is 0 Å². The van der Waals surface area contributed by atoms with Gasteiger partial charge in [-0.25, -0.2) is 27.8 Å². The summed E-state index contributed by atoms with van der Waals surface area (Å²) in [5, 5.41) is 2.33. The van der Waals surface area contributed by atoms with Gasteiger partial charge < -0.3 is 15.0 Å². The van der Waals surface area contributed by atoms with Crippen molar-refractivity contribution in [2.75, 3.05) is 29.6 Å². The van der Waals surface area contributed by atoms with Crippen molar-refractivity contribution in [3.63, 3.8) is 0 Å². The third-order valence-electron chi connectivity index (χ3n) is 6.97. The number of carbonyl (C=O) groups is 2. The number of carbonyl (C=O) groups excluding carboxylic acids is 2. The van der Waals surface area contributed by atoms with E-state index in [1.54, 1.807) is 20.8 Å². The van der Waals surface area contributed by atoms with Gasteiger partial charge in [0.2, 0.25) is 5.92 Å². The van der Waals surface area contributed by atoms with Gasteiger partial charge >= 0.3 is 12.3 Å². The Kier molecular flexibility index (Phi) is 8.80. The average molecular weight is 632 g/mol. The monoisotopic (exact) mass is 631 g/mol. The molecule has 0 bridgehead atoms. The maximum atomic E-state index is 14.3. The zero-order valence-corrected chi connectivity index (χ0v) is 25.3. The zero-order chi connectivity index (χ0) is 32.0. The van der Waals surface area contributed by atoms with Crippen molar-refractivity contribution in [2.24, 2.45) is 4.36 Å². The van der Waals surface area contributed by atoms with Crippen LogP contribution in [0.3, 0.4) is 0 Å². The number of nitrogens with one attached hydrogen (secondary N) is 1. The third-order valence-corrected chi connectivity index (χ3v) is 8.47. The Morgan fingerprint density at radius 3 is 2.44 bits per heavy atom. The number of pyridine rings is 2. The summed E-state index contributed by atoms with van der Waals surface area (Å²) < 4.78 is 93.2. The number of hydrogen-bond acceptors (Lipinski definition) is 7. The summed E-state index contributed by atoms with van der Waals surface area (Å²) in [6.07, 6.45) is -3.40. The van der Waals surface area contributed by atoms with E-state index in [1.165, 1.54) is 30.2 Å². The van der Waals surface area contributed by atoms with E-state index < -0.39 is 62.9 Å². The second kappa shape index (κ2) is 11.6. The number of amides is 2. The molecule has 3 heterocycles. The van der Waals surface area contributed by atoms with Crippen LogP contribution in [0.25, 0.3) is 0 Å². The normalized spacial score (nSPS) is 18.8. The van der Waals surface area contributed by atoms with Gasteiger partial charge in [-0.3, -0.25) is 4.79 Å². The van der Waals surface area contributed by atoms with Gasteiger partial charge in [0.25, 0.3) is 5.91 Å². The molecule has 1 saturated heterocycles. The van der Waals surface area contributed by atoms with Gasteiger partial charge in [0.05, 0.1) is 16.8 Å². The molecule has 1 N–H and O–H groups in total. The van der Waals surface area contributed by atoms with E-state index in [0.717, 1.165) is 6.26 Å². The summed E-state index contributed by atoms with van der Waals surface area (Å²) in [4.78, 5) is 35.6. The Morgan fingerprint density at radius 1 is 1.16 bits per heavy atom. The van der Waals surface area contributed by atoms with Crippen LogP contribution in [0, 0.1) is 6.92 Å². The molecule has 2 aliphatic rings. The van der Waals surface area contributed by atoms with E-state index in [0.29, 0.717) is 12.8 Å². The van der Waals surface area contributed by atoms with Gasteiger partial charge in [-0.2, -0.15) is 13.2 Å². The van der Waals surface area contributed by atoms with Gasteiger partial charge in [-0.05, 0) is 64.7 Å². The van der Waals surface area contributed by atoms with Crippen LogP contribution in [0.2, 0.25) is 0 Å². The molecular formula is C28H34F5N5O4S. The number of hydrogen-bond donors (Lipinski definition) is 1. The van der Waals surface area contributed by atoms with Crippen molar-refractivity contribution in [3.05, 3.63) is 40.7 Å². The lowest BCUT2D eigenvalue weighted by Crippen LogP contribution is -2.31. The Hall–Kier alpha value is -3.36. The Balaban J connectivity index is 1.76. The van der Waals surface area contributed by atoms with Crippen molar-refractivity contribution in [1.82, 2.24) is 9.97 Å². The highest BCUT2D eigenvalue weighted by molar-refractivity contribution is 7.93. The van der Waals surface area contributed by atoms with Crippen molar-refractivity contribution in [1.29, 1.82) is 0 Å². The molecule has 2 aromatic rings. The number of aromatic nitrogens is 2. The first-order valence-electron chi connectivity index (χ1n) is 13.7. The fourth-order valence-corrected chi connectivity index (χ4v) is 5.87. The molecule has 1 aliphatic heterocycles. The molecule has 2 aromatic heterocycles. The Bertz CT molecular complexity index is 1540. The lowest BCUT2D eigenvalue weighted by molar-refractivity contribution is -0.139. The van der Waals surface area contributed by atoms with E-state index in [-0.39, 0.29) is 53.7 Å². The molecule has 15 heteroatoms. The highest BCUT2D eigenvalue weighted by Crippen LogP contribution is 2.48. The van der Waals surface area contributed by atoms with Crippen LogP contribution in [0.4, 0.5) is 38.3 Å². The summed E-state index contributed by atoms with van der Waals surface area (Å²) in [6, 6.07) is 2.51. The number of nitrogens with zero attached hydrogens (tertiary/aromatic N) is 4. The minimum atomic E-state index is -4.81. The second-order valence-electron chi connectivity index (χ2n) is 11.9. The largest absolute Gasteiger partial charge is 0.442 e. The van der Waals surface area contributed by atoms with Crippen molar-refractivity contribution < 1.29 is 40.5 Å². The summed E-state index contributed by atoms with van der Waals surface area (Å²) >= 11 is 0. The average Bonchev–Trinajstić information content (AvgIpc) is 3.69.